The van der Waals surface area contributed by atoms with Gasteiger partial charge in [0.15, 0.2) is 0 Å². The van der Waals surface area contributed by atoms with Crippen LogP contribution in [0, 0.1) is 6.92 Å². The molecule has 1 aromatic carbocycles. The predicted molar refractivity (Wildman–Crippen MR) is 62.8 cm³/mol. The van der Waals surface area contributed by atoms with Crippen LogP contribution in [0.5, 0.6) is 0 Å². The topological polar surface area (TPSA) is 63.3 Å². The van der Waals surface area contributed by atoms with Gasteiger partial charge in [-0.1, -0.05) is 15.9 Å². The molecule has 0 aromatic heterocycles. The second-order valence-corrected chi connectivity index (χ2v) is 4.36. The first-order chi connectivity index (χ1) is 7.06. The lowest BCUT2D eigenvalue weighted by molar-refractivity contribution is 0.0998. The fourth-order valence-electron chi connectivity index (χ4n) is 1.63. The molecule has 0 saturated heterocycles. The lowest BCUT2D eigenvalue weighted by atomic mass is 9.98. The summed E-state index contributed by atoms with van der Waals surface area (Å²) in [4.78, 5) is 11.3. The lowest BCUT2D eigenvalue weighted by Gasteiger charge is -2.10. The second kappa shape index (κ2) is 5.28. The van der Waals surface area contributed by atoms with Gasteiger partial charge in [0.05, 0.1) is 0 Å². The Morgan fingerprint density at radius 1 is 1.53 bits per heavy atom. The number of amides is 1. The SMILES string of the molecule is Cc1cc(Br)cc(CCCO)c1C(N)=O. The van der Waals surface area contributed by atoms with Crippen molar-refractivity contribution in [3.05, 3.63) is 33.3 Å². The first-order valence-electron chi connectivity index (χ1n) is 4.76. The summed E-state index contributed by atoms with van der Waals surface area (Å²) in [7, 11) is 0. The molecular formula is C11H14BrNO2. The van der Waals surface area contributed by atoms with Crippen LogP contribution in [0.1, 0.15) is 27.9 Å². The number of primary amides is 1. The fraction of sp³-hybridized carbons (Fsp3) is 0.364. The highest BCUT2D eigenvalue weighted by Crippen LogP contribution is 2.22. The molecule has 0 spiro atoms. The highest BCUT2D eigenvalue weighted by Gasteiger charge is 2.12. The molecule has 1 rings (SSSR count). The molecule has 3 nitrogen and oxygen atoms in total. The van der Waals surface area contributed by atoms with Gasteiger partial charge >= 0.3 is 0 Å². The number of aliphatic hydroxyl groups is 1. The zero-order valence-electron chi connectivity index (χ0n) is 8.59. The number of rotatable bonds is 4. The van der Waals surface area contributed by atoms with Crippen molar-refractivity contribution in [1.82, 2.24) is 0 Å². The molecule has 82 valence electrons. The highest BCUT2D eigenvalue weighted by atomic mass is 79.9. The van der Waals surface area contributed by atoms with Crippen LogP contribution in [-0.2, 0) is 6.42 Å². The van der Waals surface area contributed by atoms with Crippen molar-refractivity contribution < 1.29 is 9.90 Å². The molecule has 0 saturated carbocycles. The molecular weight excluding hydrogens is 258 g/mol. The van der Waals surface area contributed by atoms with Crippen LogP contribution in [0.3, 0.4) is 0 Å². The van der Waals surface area contributed by atoms with Gasteiger partial charge in [-0.05, 0) is 43.0 Å². The van der Waals surface area contributed by atoms with Crippen molar-refractivity contribution in [3.63, 3.8) is 0 Å². The number of aliphatic hydroxyl groups excluding tert-OH is 1. The van der Waals surface area contributed by atoms with Gasteiger partial charge in [-0.25, -0.2) is 0 Å². The molecule has 0 heterocycles. The molecule has 0 bridgehead atoms. The Hall–Kier alpha value is -0.870. The Bertz CT molecular complexity index is 377. The average molecular weight is 272 g/mol. The summed E-state index contributed by atoms with van der Waals surface area (Å²) in [5, 5.41) is 8.77. The molecule has 15 heavy (non-hydrogen) atoms. The minimum absolute atomic E-state index is 0.115. The first kappa shape index (κ1) is 12.2. The Morgan fingerprint density at radius 3 is 2.73 bits per heavy atom. The molecule has 0 aliphatic carbocycles. The summed E-state index contributed by atoms with van der Waals surface area (Å²) in [5.74, 6) is -0.409. The number of carbonyl (C=O) groups excluding carboxylic acids is 1. The van der Waals surface area contributed by atoms with Crippen LogP contribution in [0.25, 0.3) is 0 Å². The third kappa shape index (κ3) is 3.04. The molecule has 0 aliphatic heterocycles. The smallest absolute Gasteiger partial charge is 0.249 e. The van der Waals surface area contributed by atoms with Crippen molar-refractivity contribution in [2.75, 3.05) is 6.61 Å². The Morgan fingerprint density at radius 2 is 2.20 bits per heavy atom. The maximum Gasteiger partial charge on any atom is 0.249 e. The predicted octanol–water partition coefficient (Wildman–Crippen LogP) is 1.78. The molecule has 0 aliphatic rings. The Balaban J connectivity index is 3.14. The van der Waals surface area contributed by atoms with Crippen molar-refractivity contribution in [2.24, 2.45) is 5.73 Å². The van der Waals surface area contributed by atoms with E-state index in [0.29, 0.717) is 18.4 Å². The lowest BCUT2D eigenvalue weighted by Crippen LogP contribution is -2.16. The van der Waals surface area contributed by atoms with Crippen LogP contribution >= 0.6 is 15.9 Å². The van der Waals surface area contributed by atoms with E-state index in [1.54, 1.807) is 0 Å². The minimum Gasteiger partial charge on any atom is -0.396 e. The summed E-state index contributed by atoms with van der Waals surface area (Å²) in [6.07, 6.45) is 1.30. The molecule has 3 N–H and O–H groups in total. The summed E-state index contributed by atoms with van der Waals surface area (Å²) in [6.45, 7) is 1.97. The van der Waals surface area contributed by atoms with E-state index in [4.69, 9.17) is 10.8 Å². The van der Waals surface area contributed by atoms with Crippen molar-refractivity contribution >= 4 is 21.8 Å². The van der Waals surface area contributed by atoms with Crippen LogP contribution < -0.4 is 5.73 Å². The third-order valence-electron chi connectivity index (χ3n) is 2.23. The van der Waals surface area contributed by atoms with Crippen LogP contribution in [0.2, 0.25) is 0 Å². The zero-order valence-corrected chi connectivity index (χ0v) is 10.2. The number of halogens is 1. The van der Waals surface area contributed by atoms with Gasteiger partial charge in [-0.3, -0.25) is 4.79 Å². The van der Waals surface area contributed by atoms with Crippen LogP contribution in [-0.4, -0.2) is 17.6 Å². The number of hydrogen-bond donors (Lipinski definition) is 2. The molecule has 1 amide bonds. The molecule has 0 atom stereocenters. The summed E-state index contributed by atoms with van der Waals surface area (Å²) < 4.78 is 0.929. The summed E-state index contributed by atoms with van der Waals surface area (Å²) >= 11 is 3.37. The maximum atomic E-state index is 11.3. The van der Waals surface area contributed by atoms with E-state index in [0.717, 1.165) is 15.6 Å². The fourth-order valence-corrected chi connectivity index (χ4v) is 2.25. The van der Waals surface area contributed by atoms with E-state index >= 15 is 0 Å². The van der Waals surface area contributed by atoms with Gasteiger partial charge < -0.3 is 10.8 Å². The van der Waals surface area contributed by atoms with Crippen LogP contribution in [0.4, 0.5) is 0 Å². The molecule has 1 aromatic rings. The standard InChI is InChI=1S/C11H14BrNO2/c1-7-5-9(12)6-8(3-2-4-14)10(7)11(13)15/h5-6,14H,2-4H2,1H3,(H2,13,15). The van der Waals surface area contributed by atoms with Crippen molar-refractivity contribution in [3.8, 4) is 0 Å². The second-order valence-electron chi connectivity index (χ2n) is 3.45. The van der Waals surface area contributed by atoms with Gasteiger partial charge in [-0.15, -0.1) is 0 Å². The Kier molecular flexibility index (Phi) is 4.29. The monoisotopic (exact) mass is 271 g/mol. The van der Waals surface area contributed by atoms with Crippen molar-refractivity contribution in [2.45, 2.75) is 19.8 Å². The minimum atomic E-state index is -0.409. The Labute approximate surface area is 97.4 Å². The van der Waals surface area contributed by atoms with E-state index in [2.05, 4.69) is 15.9 Å². The summed E-state index contributed by atoms with van der Waals surface area (Å²) in [6, 6.07) is 3.74. The average Bonchev–Trinajstić information content (AvgIpc) is 2.12. The van der Waals surface area contributed by atoms with Gasteiger partial charge in [-0.2, -0.15) is 0 Å². The van der Waals surface area contributed by atoms with Gasteiger partial charge in [0.25, 0.3) is 0 Å². The van der Waals surface area contributed by atoms with Crippen molar-refractivity contribution in [1.29, 1.82) is 0 Å². The van der Waals surface area contributed by atoms with Gasteiger partial charge in [0.2, 0.25) is 5.91 Å². The van der Waals surface area contributed by atoms with E-state index in [-0.39, 0.29) is 6.61 Å². The van der Waals surface area contributed by atoms with E-state index in [9.17, 15) is 4.79 Å². The van der Waals surface area contributed by atoms with Gasteiger partial charge in [0.1, 0.15) is 0 Å². The number of aryl methyl sites for hydroxylation is 2. The quantitative estimate of drug-likeness (QED) is 0.877. The molecule has 0 fully saturated rings. The van der Waals surface area contributed by atoms with Crippen LogP contribution in [0.15, 0.2) is 16.6 Å². The van der Waals surface area contributed by atoms with Gasteiger partial charge in [0, 0.05) is 16.6 Å². The largest absolute Gasteiger partial charge is 0.396 e. The number of carbonyl (C=O) groups is 1. The van der Waals surface area contributed by atoms with E-state index < -0.39 is 5.91 Å². The number of benzene rings is 1. The normalized spacial score (nSPS) is 10.3. The summed E-state index contributed by atoms with van der Waals surface area (Å²) in [5.41, 5.74) is 7.65. The van der Waals surface area contributed by atoms with E-state index in [1.165, 1.54) is 0 Å². The molecule has 0 radical (unpaired) electrons. The van der Waals surface area contributed by atoms with E-state index in [1.807, 2.05) is 19.1 Å². The molecule has 0 unspecified atom stereocenters. The highest BCUT2D eigenvalue weighted by molar-refractivity contribution is 9.10. The zero-order chi connectivity index (χ0) is 11.4. The molecule has 4 heteroatoms. The first-order valence-corrected chi connectivity index (χ1v) is 5.55. The number of nitrogens with two attached hydrogens (primary N) is 1. The third-order valence-corrected chi connectivity index (χ3v) is 2.69. The number of hydrogen-bond acceptors (Lipinski definition) is 2. The maximum absolute atomic E-state index is 11.3.